The van der Waals surface area contributed by atoms with Crippen LogP contribution in [0.3, 0.4) is 0 Å². The Morgan fingerprint density at radius 1 is 1.38 bits per heavy atom. The maximum atomic E-state index is 5.49. The van der Waals surface area contributed by atoms with Crippen molar-refractivity contribution in [3.8, 4) is 5.75 Å². The largest absolute Gasteiger partial charge is 0.496 e. The minimum absolute atomic E-state index is 0.331. The second-order valence-electron chi connectivity index (χ2n) is 5.39. The molecule has 21 heavy (non-hydrogen) atoms. The monoisotopic (exact) mass is 287 g/mol. The summed E-state index contributed by atoms with van der Waals surface area (Å²) in [5.41, 5.74) is 4.52. The van der Waals surface area contributed by atoms with Crippen molar-refractivity contribution in [2.45, 2.75) is 40.3 Å². The molecule has 2 heterocycles. The van der Waals surface area contributed by atoms with E-state index in [4.69, 9.17) is 4.74 Å². The van der Waals surface area contributed by atoms with Crippen LogP contribution in [-0.4, -0.2) is 23.2 Å². The molecule has 114 valence electrons. The molecule has 0 aliphatic carbocycles. The van der Waals surface area contributed by atoms with Gasteiger partial charge in [-0.3, -0.25) is 4.98 Å². The number of ether oxygens (including phenoxy) is 1. The number of hydrogen-bond donors (Lipinski definition) is 1. The van der Waals surface area contributed by atoms with E-state index in [2.05, 4.69) is 54.0 Å². The van der Waals surface area contributed by atoms with Crippen LogP contribution < -0.4 is 10.1 Å². The normalized spacial score (nSPS) is 12.4. The van der Waals surface area contributed by atoms with E-state index in [9.17, 15) is 0 Å². The maximum Gasteiger partial charge on any atom is 0.128 e. The van der Waals surface area contributed by atoms with Crippen molar-refractivity contribution >= 4 is 0 Å². The van der Waals surface area contributed by atoms with E-state index in [0.717, 1.165) is 35.7 Å². The minimum atomic E-state index is 0.331. The third-order valence-electron chi connectivity index (χ3n) is 3.89. The topological polar surface area (TPSA) is 39.1 Å². The predicted molar refractivity (Wildman–Crippen MR) is 85.9 cm³/mol. The maximum absolute atomic E-state index is 5.49. The average Bonchev–Trinajstić information content (AvgIpc) is 2.91. The zero-order chi connectivity index (χ0) is 15.4. The zero-order valence-electron chi connectivity index (χ0n) is 13.6. The number of hydrogen-bond acceptors (Lipinski definition) is 3. The highest BCUT2D eigenvalue weighted by atomic mass is 16.5. The van der Waals surface area contributed by atoms with E-state index in [0.29, 0.717) is 6.04 Å². The van der Waals surface area contributed by atoms with Gasteiger partial charge in [-0.1, -0.05) is 6.92 Å². The Bertz CT molecular complexity index is 604. The van der Waals surface area contributed by atoms with Gasteiger partial charge in [0, 0.05) is 35.3 Å². The summed E-state index contributed by atoms with van der Waals surface area (Å²) in [5, 5.41) is 3.45. The standard InChI is InChI=1S/C17H25N3O/c1-6-18-14(4)16-8-7-9-20(16)11-15-13(3)17(21-5)12(2)10-19-15/h7-10,14,18H,6,11H2,1-5H3. The number of aromatic nitrogens is 2. The predicted octanol–water partition coefficient (Wildman–Crippen LogP) is 3.23. The van der Waals surface area contributed by atoms with Crippen molar-refractivity contribution in [3.05, 3.63) is 47.0 Å². The van der Waals surface area contributed by atoms with E-state index >= 15 is 0 Å². The van der Waals surface area contributed by atoms with Gasteiger partial charge in [-0.25, -0.2) is 0 Å². The quantitative estimate of drug-likeness (QED) is 0.886. The molecule has 0 spiro atoms. The Morgan fingerprint density at radius 2 is 2.14 bits per heavy atom. The number of nitrogens with zero attached hydrogens (tertiary/aromatic N) is 2. The Kier molecular flexibility index (Phi) is 5.02. The Labute approximate surface area is 127 Å². The summed E-state index contributed by atoms with van der Waals surface area (Å²) >= 11 is 0. The van der Waals surface area contributed by atoms with Gasteiger partial charge in [0.1, 0.15) is 5.75 Å². The highest BCUT2D eigenvalue weighted by Crippen LogP contribution is 2.25. The molecule has 0 bridgehead atoms. The summed E-state index contributed by atoms with van der Waals surface area (Å²) in [7, 11) is 1.72. The number of aryl methyl sites for hydroxylation is 1. The van der Waals surface area contributed by atoms with Crippen molar-refractivity contribution in [2.24, 2.45) is 0 Å². The van der Waals surface area contributed by atoms with Gasteiger partial charge in [0.25, 0.3) is 0 Å². The van der Waals surface area contributed by atoms with Gasteiger partial charge in [-0.2, -0.15) is 0 Å². The highest BCUT2D eigenvalue weighted by molar-refractivity contribution is 5.41. The van der Waals surface area contributed by atoms with Crippen molar-refractivity contribution in [3.63, 3.8) is 0 Å². The first-order valence-corrected chi connectivity index (χ1v) is 7.46. The number of methoxy groups -OCH3 is 1. The molecule has 2 aromatic heterocycles. The first-order chi connectivity index (χ1) is 10.1. The van der Waals surface area contributed by atoms with Crippen LogP contribution in [0.2, 0.25) is 0 Å². The lowest BCUT2D eigenvalue weighted by molar-refractivity contribution is 0.406. The number of pyridine rings is 1. The summed E-state index contributed by atoms with van der Waals surface area (Å²) in [5.74, 6) is 0.938. The van der Waals surface area contributed by atoms with Gasteiger partial charge in [-0.15, -0.1) is 0 Å². The molecule has 4 heteroatoms. The lowest BCUT2D eigenvalue weighted by Gasteiger charge is -2.18. The minimum Gasteiger partial charge on any atom is -0.496 e. The molecular weight excluding hydrogens is 262 g/mol. The van der Waals surface area contributed by atoms with Gasteiger partial charge in [0.05, 0.1) is 19.3 Å². The molecule has 2 rings (SSSR count). The molecule has 0 amide bonds. The van der Waals surface area contributed by atoms with E-state index in [1.165, 1.54) is 5.69 Å². The fourth-order valence-corrected chi connectivity index (χ4v) is 2.77. The lowest BCUT2D eigenvalue weighted by atomic mass is 10.1. The van der Waals surface area contributed by atoms with Crippen molar-refractivity contribution in [2.75, 3.05) is 13.7 Å². The average molecular weight is 287 g/mol. The zero-order valence-corrected chi connectivity index (χ0v) is 13.6. The second-order valence-corrected chi connectivity index (χ2v) is 5.39. The molecule has 0 radical (unpaired) electrons. The fraction of sp³-hybridized carbons (Fsp3) is 0.471. The molecular formula is C17H25N3O. The number of nitrogens with one attached hydrogen (secondary N) is 1. The Morgan fingerprint density at radius 3 is 2.81 bits per heavy atom. The molecule has 0 fully saturated rings. The molecule has 0 aliphatic heterocycles. The van der Waals surface area contributed by atoms with Crippen LogP contribution in [0, 0.1) is 13.8 Å². The van der Waals surface area contributed by atoms with Gasteiger partial charge in [0.15, 0.2) is 0 Å². The van der Waals surface area contributed by atoms with Crippen LogP contribution >= 0.6 is 0 Å². The molecule has 1 unspecified atom stereocenters. The van der Waals surface area contributed by atoms with Gasteiger partial charge in [-0.05, 0) is 39.4 Å². The smallest absolute Gasteiger partial charge is 0.128 e. The van der Waals surface area contributed by atoms with Gasteiger partial charge >= 0.3 is 0 Å². The second kappa shape index (κ2) is 6.76. The van der Waals surface area contributed by atoms with Crippen LogP contribution in [0.4, 0.5) is 0 Å². The highest BCUT2D eigenvalue weighted by Gasteiger charge is 2.13. The number of rotatable bonds is 6. The van der Waals surface area contributed by atoms with Crippen LogP contribution in [0.5, 0.6) is 5.75 Å². The summed E-state index contributed by atoms with van der Waals surface area (Å²) in [6, 6.07) is 4.58. The SMILES string of the molecule is CCNC(C)c1cccn1Cc1ncc(C)c(OC)c1C. The van der Waals surface area contributed by atoms with Gasteiger partial charge < -0.3 is 14.6 Å². The van der Waals surface area contributed by atoms with Crippen LogP contribution in [0.25, 0.3) is 0 Å². The van der Waals surface area contributed by atoms with E-state index in [-0.39, 0.29) is 0 Å². The molecule has 0 saturated heterocycles. The summed E-state index contributed by atoms with van der Waals surface area (Å²) in [4.78, 5) is 4.59. The summed E-state index contributed by atoms with van der Waals surface area (Å²) in [6.07, 6.45) is 3.99. The van der Waals surface area contributed by atoms with Crippen molar-refractivity contribution in [1.82, 2.24) is 14.9 Å². The van der Waals surface area contributed by atoms with Gasteiger partial charge in [0.2, 0.25) is 0 Å². The first-order valence-electron chi connectivity index (χ1n) is 7.46. The van der Waals surface area contributed by atoms with Crippen molar-refractivity contribution < 1.29 is 4.74 Å². The lowest BCUT2D eigenvalue weighted by Crippen LogP contribution is -2.21. The first kappa shape index (κ1) is 15.6. The van der Waals surface area contributed by atoms with Crippen LogP contribution in [0.1, 0.15) is 42.4 Å². The Hall–Kier alpha value is -1.81. The molecule has 0 aliphatic rings. The molecule has 1 atom stereocenters. The molecule has 1 N–H and O–H groups in total. The molecule has 2 aromatic rings. The molecule has 0 aromatic carbocycles. The van der Waals surface area contributed by atoms with Crippen molar-refractivity contribution in [1.29, 1.82) is 0 Å². The molecule has 0 saturated carbocycles. The van der Waals surface area contributed by atoms with E-state index in [1.54, 1.807) is 7.11 Å². The Balaban J connectivity index is 2.29. The van der Waals surface area contributed by atoms with Crippen LogP contribution in [0.15, 0.2) is 24.5 Å². The summed E-state index contributed by atoms with van der Waals surface area (Å²) < 4.78 is 7.74. The van der Waals surface area contributed by atoms with E-state index in [1.807, 2.05) is 13.1 Å². The van der Waals surface area contributed by atoms with Crippen LogP contribution in [-0.2, 0) is 6.54 Å². The molecule has 4 nitrogen and oxygen atoms in total. The fourth-order valence-electron chi connectivity index (χ4n) is 2.77. The third kappa shape index (κ3) is 3.27. The summed E-state index contributed by atoms with van der Waals surface area (Å²) in [6.45, 7) is 10.1. The third-order valence-corrected chi connectivity index (χ3v) is 3.89. The van der Waals surface area contributed by atoms with E-state index < -0.39 is 0 Å².